The lowest BCUT2D eigenvalue weighted by Crippen LogP contribution is -1.87. The second-order valence-electron chi connectivity index (χ2n) is 14.0. The summed E-state index contributed by atoms with van der Waals surface area (Å²) in [6, 6.07) is 51.7. The lowest BCUT2D eigenvalue weighted by molar-refractivity contribution is 0.282. The smallest absolute Gasteiger partial charge is 0.115 e. The van der Waals surface area contributed by atoms with Crippen LogP contribution < -0.4 is 0 Å². The SMILES string of the molecule is OCCCCc1ccc(S)cc1.OCc1ccc(S)cc1.Oc1ccc(-c2ccc(S)cc2)cc1.Oc1ccc(CCCCS)cc1.Oc1ccc(CS)cc1.Oc1ccc(S)cc1. The zero-order valence-electron chi connectivity index (χ0n) is 35.6. The van der Waals surface area contributed by atoms with Crippen LogP contribution in [-0.4, -0.2) is 43.0 Å². The number of thiol groups is 6. The van der Waals surface area contributed by atoms with Crippen LogP contribution in [0.15, 0.2) is 189 Å². The molecule has 0 aromatic heterocycles. The predicted octanol–water partition coefficient (Wildman–Crippen LogP) is 13.3. The van der Waals surface area contributed by atoms with E-state index in [0.29, 0.717) is 23.9 Å². The molecule has 6 N–H and O–H groups in total. The van der Waals surface area contributed by atoms with Crippen LogP contribution in [0.25, 0.3) is 11.1 Å². The molecule has 340 valence electrons. The van der Waals surface area contributed by atoms with Crippen molar-refractivity contribution in [1.29, 1.82) is 0 Å². The average Bonchev–Trinajstić information content (AvgIpc) is 3.31. The first kappa shape index (κ1) is 55.9. The Morgan fingerprint density at radius 2 is 0.594 bits per heavy atom. The van der Waals surface area contributed by atoms with Crippen molar-refractivity contribution in [3.05, 3.63) is 192 Å². The molecule has 0 amide bonds. The quantitative estimate of drug-likeness (QED) is 0.0463. The Morgan fingerprint density at radius 3 is 0.938 bits per heavy atom. The summed E-state index contributed by atoms with van der Waals surface area (Å²) in [4.78, 5) is 3.74. The van der Waals surface area contributed by atoms with E-state index in [4.69, 9.17) is 30.6 Å². The summed E-state index contributed by atoms with van der Waals surface area (Å²) in [7, 11) is 0. The second-order valence-corrected chi connectivity index (χ2v) is 16.8. The van der Waals surface area contributed by atoms with Gasteiger partial charge >= 0.3 is 0 Å². The van der Waals surface area contributed by atoms with Crippen molar-refractivity contribution in [1.82, 2.24) is 0 Å². The third-order valence-corrected chi connectivity index (χ3v) is 10.6. The molecule has 0 unspecified atom stereocenters. The van der Waals surface area contributed by atoms with Crippen molar-refractivity contribution in [3.8, 4) is 34.1 Å². The van der Waals surface area contributed by atoms with Crippen LogP contribution in [0.5, 0.6) is 23.0 Å². The summed E-state index contributed by atoms with van der Waals surface area (Å²) in [5, 5.41) is 52.9. The number of hydrogen-bond acceptors (Lipinski definition) is 12. The fourth-order valence-corrected chi connectivity index (χ4v) is 6.20. The van der Waals surface area contributed by atoms with E-state index in [1.165, 1.54) is 17.5 Å². The number of phenolic OH excluding ortho intramolecular Hbond substituents is 4. The van der Waals surface area contributed by atoms with Gasteiger partial charge in [-0.3, -0.25) is 0 Å². The number of aromatic hydroxyl groups is 4. The van der Waals surface area contributed by atoms with Gasteiger partial charge in [-0.1, -0.05) is 72.8 Å². The number of aliphatic hydroxyl groups is 2. The highest BCUT2D eigenvalue weighted by Gasteiger charge is 1.97. The fraction of sp³-hybridized carbons (Fsp3) is 0.192. The number of phenols is 4. The second kappa shape index (κ2) is 34.2. The van der Waals surface area contributed by atoms with Gasteiger partial charge < -0.3 is 30.6 Å². The van der Waals surface area contributed by atoms with Gasteiger partial charge in [-0.15, -0.1) is 50.5 Å². The number of benzene rings is 7. The molecule has 0 aliphatic carbocycles. The molecule has 0 saturated heterocycles. The molecule has 0 fully saturated rings. The highest BCUT2D eigenvalue weighted by Crippen LogP contribution is 2.23. The minimum absolute atomic E-state index is 0.105. The van der Waals surface area contributed by atoms with E-state index in [0.717, 1.165) is 85.4 Å². The molecule has 0 saturated carbocycles. The van der Waals surface area contributed by atoms with Gasteiger partial charge in [0.05, 0.1) is 6.61 Å². The lowest BCUT2D eigenvalue weighted by atomic mass is 10.1. The molecule has 7 aromatic rings. The van der Waals surface area contributed by atoms with E-state index < -0.39 is 0 Å². The Balaban J connectivity index is 0.000000267. The highest BCUT2D eigenvalue weighted by molar-refractivity contribution is 7.81. The largest absolute Gasteiger partial charge is 0.508 e. The fourth-order valence-electron chi connectivity index (χ4n) is 5.17. The minimum atomic E-state index is 0.105. The molecule has 0 bridgehead atoms. The molecule has 7 aromatic carbocycles. The van der Waals surface area contributed by atoms with Crippen LogP contribution >= 0.6 is 75.8 Å². The third kappa shape index (κ3) is 26.5. The van der Waals surface area contributed by atoms with Crippen molar-refractivity contribution in [2.75, 3.05) is 12.4 Å². The molecule has 64 heavy (non-hydrogen) atoms. The molecular weight excluding hydrogens is 913 g/mol. The zero-order chi connectivity index (χ0) is 47.0. The van der Waals surface area contributed by atoms with Gasteiger partial charge in [0.2, 0.25) is 0 Å². The molecule has 0 aliphatic rings. The van der Waals surface area contributed by atoms with Gasteiger partial charge in [0.15, 0.2) is 0 Å². The minimum Gasteiger partial charge on any atom is -0.508 e. The maximum absolute atomic E-state index is 9.14. The topological polar surface area (TPSA) is 121 Å². The number of unbranched alkanes of at least 4 members (excludes halogenated alkanes) is 2. The molecule has 0 heterocycles. The standard InChI is InChI=1S/C12H10OS.2C10H14OS.2C7H8OS.C6H6OS/c13-11-5-1-9(2-6-11)10-3-7-12(14)8-4-10;11-10-6-4-9(5-7-10)3-1-2-8-12;11-8-2-1-3-9-4-6-10(12)7-5-9;8-7-3-1-6(5-9)2-4-7;8-5-6-1-3-7(9)4-2-6;7-5-1-3-6(8)4-2-5/h1-8,13-14H;2*4-7,11-12H,1-3,8H2;2*1-4,8-9H,5H2;1-4,7-8H. The molecule has 0 radical (unpaired) electrons. The molecule has 0 atom stereocenters. The summed E-state index contributed by atoms with van der Waals surface area (Å²) in [6.07, 6.45) is 6.42. The summed E-state index contributed by atoms with van der Waals surface area (Å²) in [6.45, 7) is 0.401. The third-order valence-electron chi connectivity index (χ3n) is 8.78. The van der Waals surface area contributed by atoms with Gasteiger partial charge in [-0.2, -0.15) is 25.3 Å². The summed E-state index contributed by atoms with van der Waals surface area (Å²) >= 11 is 24.7. The first-order valence-corrected chi connectivity index (χ1v) is 23.5. The van der Waals surface area contributed by atoms with E-state index in [2.05, 4.69) is 87.9 Å². The van der Waals surface area contributed by atoms with Crippen molar-refractivity contribution < 1.29 is 30.6 Å². The van der Waals surface area contributed by atoms with Gasteiger partial charge in [-0.05, 0) is 175 Å². The van der Waals surface area contributed by atoms with Crippen molar-refractivity contribution in [2.24, 2.45) is 0 Å². The molecule has 7 rings (SSSR count). The number of rotatable bonds is 11. The number of aryl methyl sites for hydroxylation is 2. The normalized spacial score (nSPS) is 9.81. The van der Waals surface area contributed by atoms with Gasteiger partial charge in [-0.25, -0.2) is 0 Å². The van der Waals surface area contributed by atoms with Gasteiger partial charge in [0, 0.05) is 31.9 Å². The van der Waals surface area contributed by atoms with E-state index >= 15 is 0 Å². The van der Waals surface area contributed by atoms with Crippen molar-refractivity contribution in [3.63, 3.8) is 0 Å². The number of hydrogen-bond donors (Lipinski definition) is 12. The van der Waals surface area contributed by atoms with Crippen LogP contribution in [0.2, 0.25) is 0 Å². The van der Waals surface area contributed by atoms with Gasteiger partial charge in [0.1, 0.15) is 23.0 Å². The van der Waals surface area contributed by atoms with Crippen LogP contribution in [0.1, 0.15) is 47.9 Å². The summed E-state index contributed by atoms with van der Waals surface area (Å²) in [5.74, 6) is 2.90. The van der Waals surface area contributed by atoms with E-state index in [-0.39, 0.29) is 12.4 Å². The first-order chi connectivity index (χ1) is 30.8. The van der Waals surface area contributed by atoms with Crippen molar-refractivity contribution in [2.45, 2.75) is 70.5 Å². The monoisotopic (exact) mass is 972 g/mol. The molecule has 6 nitrogen and oxygen atoms in total. The van der Waals surface area contributed by atoms with Crippen LogP contribution in [0.4, 0.5) is 0 Å². The Labute approximate surface area is 412 Å². The Morgan fingerprint density at radius 1 is 0.312 bits per heavy atom. The molecule has 12 heteroatoms. The maximum Gasteiger partial charge on any atom is 0.115 e. The Bertz CT molecular complexity index is 2040. The lowest BCUT2D eigenvalue weighted by Gasteiger charge is -2.01. The zero-order valence-corrected chi connectivity index (χ0v) is 41.0. The van der Waals surface area contributed by atoms with Gasteiger partial charge in [0.25, 0.3) is 0 Å². The van der Waals surface area contributed by atoms with E-state index in [1.807, 2.05) is 97.1 Å². The number of aliphatic hydroxyl groups excluding tert-OH is 2. The highest BCUT2D eigenvalue weighted by atomic mass is 32.1. The molecule has 0 spiro atoms. The first-order valence-electron chi connectivity index (χ1n) is 20.5. The van der Waals surface area contributed by atoms with Crippen LogP contribution in [0, 0.1) is 0 Å². The van der Waals surface area contributed by atoms with E-state index in [9.17, 15) is 0 Å². The average molecular weight is 973 g/mol. The van der Waals surface area contributed by atoms with Crippen molar-refractivity contribution >= 4 is 75.8 Å². The molecular formula is C52H60O6S6. The predicted molar refractivity (Wildman–Crippen MR) is 285 cm³/mol. The summed E-state index contributed by atoms with van der Waals surface area (Å²) < 4.78 is 0. The van der Waals surface area contributed by atoms with E-state index in [1.54, 1.807) is 60.7 Å². The molecule has 0 aliphatic heterocycles. The summed E-state index contributed by atoms with van der Waals surface area (Å²) in [5.41, 5.74) is 6.87. The maximum atomic E-state index is 9.14. The Hall–Kier alpha value is -4.24. The Kier molecular flexibility index (Phi) is 29.8. The van der Waals surface area contributed by atoms with Crippen LogP contribution in [0.3, 0.4) is 0 Å². The van der Waals surface area contributed by atoms with Crippen LogP contribution in [-0.2, 0) is 25.2 Å².